The first-order valence-electron chi connectivity index (χ1n) is 9.90. The third kappa shape index (κ3) is 4.43. The van der Waals surface area contributed by atoms with Crippen LogP contribution < -0.4 is 15.8 Å². The molecule has 0 radical (unpaired) electrons. The van der Waals surface area contributed by atoms with Gasteiger partial charge in [-0.2, -0.15) is 5.26 Å². The van der Waals surface area contributed by atoms with Crippen LogP contribution in [0.25, 0.3) is 11.0 Å². The fourth-order valence-electron chi connectivity index (χ4n) is 3.52. The van der Waals surface area contributed by atoms with E-state index in [-0.39, 0.29) is 11.9 Å². The SMILES string of the molecule is N#Cc1c[nH]c2nccc(Oc3ccc(C[C@H](N)C(=O)NC4CCOCC4)cc3)c12. The maximum Gasteiger partial charge on any atom is 0.237 e. The van der Waals surface area contributed by atoms with Crippen molar-refractivity contribution in [2.24, 2.45) is 5.73 Å². The first kappa shape index (κ1) is 19.9. The van der Waals surface area contributed by atoms with Crippen LogP contribution in [-0.2, 0) is 16.0 Å². The Morgan fingerprint density at radius 3 is 2.83 bits per heavy atom. The van der Waals surface area contributed by atoms with Crippen LogP contribution >= 0.6 is 0 Å². The Balaban J connectivity index is 1.39. The second-order valence-electron chi connectivity index (χ2n) is 7.30. The quantitative estimate of drug-likeness (QED) is 0.578. The first-order valence-corrected chi connectivity index (χ1v) is 9.90. The van der Waals surface area contributed by atoms with E-state index in [9.17, 15) is 10.1 Å². The van der Waals surface area contributed by atoms with E-state index in [2.05, 4.69) is 21.4 Å². The average molecular weight is 405 g/mol. The molecule has 1 amide bonds. The zero-order chi connectivity index (χ0) is 20.9. The van der Waals surface area contributed by atoms with Crippen molar-refractivity contribution in [2.45, 2.75) is 31.3 Å². The van der Waals surface area contributed by atoms with Crippen LogP contribution in [0.4, 0.5) is 0 Å². The Hall–Kier alpha value is -3.41. The fourth-order valence-corrected chi connectivity index (χ4v) is 3.52. The van der Waals surface area contributed by atoms with Crippen molar-refractivity contribution in [1.82, 2.24) is 15.3 Å². The van der Waals surface area contributed by atoms with E-state index >= 15 is 0 Å². The number of carbonyl (C=O) groups is 1. The van der Waals surface area contributed by atoms with Gasteiger partial charge in [0, 0.05) is 31.6 Å². The van der Waals surface area contributed by atoms with Crippen LogP contribution in [0.15, 0.2) is 42.7 Å². The lowest BCUT2D eigenvalue weighted by atomic mass is 10.0. The largest absolute Gasteiger partial charge is 0.456 e. The molecule has 0 aliphatic carbocycles. The molecule has 0 saturated carbocycles. The highest BCUT2D eigenvalue weighted by atomic mass is 16.5. The van der Waals surface area contributed by atoms with E-state index in [0.29, 0.717) is 47.7 Å². The summed E-state index contributed by atoms with van der Waals surface area (Å²) >= 11 is 0. The van der Waals surface area contributed by atoms with Crippen molar-refractivity contribution in [3.8, 4) is 17.6 Å². The lowest BCUT2D eigenvalue weighted by Gasteiger charge is -2.24. The molecule has 154 valence electrons. The van der Waals surface area contributed by atoms with Crippen LogP contribution in [0.1, 0.15) is 24.0 Å². The minimum atomic E-state index is -0.613. The van der Waals surface area contributed by atoms with Gasteiger partial charge in [-0.3, -0.25) is 4.79 Å². The van der Waals surface area contributed by atoms with Gasteiger partial charge in [-0.1, -0.05) is 12.1 Å². The molecule has 3 heterocycles. The second-order valence-corrected chi connectivity index (χ2v) is 7.30. The molecule has 0 unspecified atom stereocenters. The topological polar surface area (TPSA) is 126 Å². The minimum absolute atomic E-state index is 0.136. The van der Waals surface area contributed by atoms with Gasteiger partial charge in [0.15, 0.2) is 0 Å². The van der Waals surface area contributed by atoms with E-state index in [1.165, 1.54) is 0 Å². The molecule has 1 saturated heterocycles. The first-order chi connectivity index (χ1) is 14.6. The van der Waals surface area contributed by atoms with Gasteiger partial charge in [0.25, 0.3) is 0 Å². The predicted molar refractivity (Wildman–Crippen MR) is 111 cm³/mol. The average Bonchev–Trinajstić information content (AvgIpc) is 3.20. The predicted octanol–water partition coefficient (Wildman–Crippen LogP) is 2.39. The highest BCUT2D eigenvalue weighted by Gasteiger charge is 2.20. The maximum absolute atomic E-state index is 12.3. The normalized spacial score (nSPS) is 15.5. The van der Waals surface area contributed by atoms with E-state index in [1.54, 1.807) is 18.5 Å². The molecular formula is C22H23N5O3. The minimum Gasteiger partial charge on any atom is -0.456 e. The highest BCUT2D eigenvalue weighted by molar-refractivity contribution is 5.88. The zero-order valence-corrected chi connectivity index (χ0v) is 16.4. The van der Waals surface area contributed by atoms with Crippen molar-refractivity contribution in [1.29, 1.82) is 5.26 Å². The summed E-state index contributed by atoms with van der Waals surface area (Å²) < 4.78 is 11.3. The van der Waals surface area contributed by atoms with E-state index in [1.807, 2.05) is 24.3 Å². The van der Waals surface area contributed by atoms with Gasteiger partial charge in [0.05, 0.1) is 17.0 Å². The molecule has 4 N–H and O–H groups in total. The summed E-state index contributed by atoms with van der Waals surface area (Å²) in [5.74, 6) is 1.03. The molecule has 1 fully saturated rings. The number of aromatic amines is 1. The zero-order valence-electron chi connectivity index (χ0n) is 16.4. The van der Waals surface area contributed by atoms with Crippen molar-refractivity contribution >= 4 is 16.9 Å². The Morgan fingerprint density at radius 2 is 2.10 bits per heavy atom. The summed E-state index contributed by atoms with van der Waals surface area (Å²) in [4.78, 5) is 19.5. The molecule has 1 aliphatic heterocycles. The van der Waals surface area contributed by atoms with Crippen molar-refractivity contribution in [2.75, 3.05) is 13.2 Å². The van der Waals surface area contributed by atoms with Gasteiger partial charge in [-0.05, 0) is 43.0 Å². The number of carbonyl (C=O) groups excluding carboxylic acids is 1. The van der Waals surface area contributed by atoms with Crippen LogP contribution in [-0.4, -0.2) is 41.2 Å². The molecular weight excluding hydrogens is 382 g/mol. The number of nitriles is 1. The van der Waals surface area contributed by atoms with Gasteiger partial charge in [-0.25, -0.2) is 4.98 Å². The highest BCUT2D eigenvalue weighted by Crippen LogP contribution is 2.31. The molecule has 0 spiro atoms. The Labute approximate surface area is 174 Å². The maximum atomic E-state index is 12.3. The monoisotopic (exact) mass is 405 g/mol. The molecule has 8 heteroatoms. The number of pyridine rings is 1. The van der Waals surface area contributed by atoms with Crippen molar-refractivity contribution in [3.05, 3.63) is 53.9 Å². The summed E-state index contributed by atoms with van der Waals surface area (Å²) in [7, 11) is 0. The third-order valence-electron chi connectivity index (χ3n) is 5.17. The van der Waals surface area contributed by atoms with E-state index in [4.69, 9.17) is 15.2 Å². The van der Waals surface area contributed by atoms with Gasteiger partial charge in [0.1, 0.15) is 23.2 Å². The number of amides is 1. The van der Waals surface area contributed by atoms with E-state index < -0.39 is 6.04 Å². The number of nitrogens with one attached hydrogen (secondary N) is 2. The number of hydrogen-bond donors (Lipinski definition) is 3. The van der Waals surface area contributed by atoms with Gasteiger partial charge < -0.3 is 25.5 Å². The van der Waals surface area contributed by atoms with E-state index in [0.717, 1.165) is 18.4 Å². The van der Waals surface area contributed by atoms with Gasteiger partial charge >= 0.3 is 0 Å². The molecule has 1 aliphatic rings. The smallest absolute Gasteiger partial charge is 0.237 e. The third-order valence-corrected chi connectivity index (χ3v) is 5.17. The molecule has 30 heavy (non-hydrogen) atoms. The van der Waals surface area contributed by atoms with Crippen LogP contribution in [0.2, 0.25) is 0 Å². The lowest BCUT2D eigenvalue weighted by Crippen LogP contribution is -2.48. The van der Waals surface area contributed by atoms with Crippen LogP contribution in [0.5, 0.6) is 11.5 Å². The Morgan fingerprint density at radius 1 is 1.33 bits per heavy atom. The number of nitrogens with zero attached hydrogens (tertiary/aromatic N) is 2. The number of hydrogen-bond acceptors (Lipinski definition) is 6. The lowest BCUT2D eigenvalue weighted by molar-refractivity contribution is -0.123. The van der Waals surface area contributed by atoms with Crippen molar-refractivity contribution in [3.63, 3.8) is 0 Å². The molecule has 3 aromatic rings. The molecule has 1 aromatic carbocycles. The number of H-pyrrole nitrogens is 1. The second kappa shape index (κ2) is 8.95. The number of ether oxygens (including phenoxy) is 2. The van der Waals surface area contributed by atoms with Crippen molar-refractivity contribution < 1.29 is 14.3 Å². The summed E-state index contributed by atoms with van der Waals surface area (Å²) in [6.45, 7) is 1.34. The summed E-state index contributed by atoms with van der Waals surface area (Å²) in [5.41, 5.74) is 8.11. The fraction of sp³-hybridized carbons (Fsp3) is 0.318. The molecule has 1 atom stereocenters. The van der Waals surface area contributed by atoms with Crippen LogP contribution in [0.3, 0.4) is 0 Å². The summed E-state index contributed by atoms with van der Waals surface area (Å²) in [6.07, 6.45) is 5.31. The van der Waals surface area contributed by atoms with Gasteiger partial charge in [-0.15, -0.1) is 0 Å². The molecule has 4 rings (SSSR count). The summed E-state index contributed by atoms with van der Waals surface area (Å²) in [5, 5.41) is 12.9. The Bertz CT molecular complexity index is 1060. The molecule has 2 aromatic heterocycles. The number of rotatable bonds is 6. The van der Waals surface area contributed by atoms with Crippen LogP contribution in [0, 0.1) is 11.3 Å². The standard InChI is InChI=1S/C22H23N5O3/c23-12-15-13-26-21-20(15)19(5-8-25-21)30-17-3-1-14(2-4-17)11-18(24)22(28)27-16-6-9-29-10-7-16/h1-5,8,13,16,18H,6-7,9-11,24H2,(H,25,26)(H,27,28)/t18-/m0/s1. The van der Waals surface area contributed by atoms with Gasteiger partial charge in [0.2, 0.25) is 5.91 Å². The Kier molecular flexibility index (Phi) is 5.93. The molecule has 8 nitrogen and oxygen atoms in total. The number of nitrogens with two attached hydrogens (primary N) is 1. The summed E-state index contributed by atoms with van der Waals surface area (Å²) in [6, 6.07) is 10.8. The number of benzene rings is 1. The number of fused-ring (bicyclic) bond motifs is 1. The number of aromatic nitrogens is 2. The molecule has 0 bridgehead atoms.